The predicted octanol–water partition coefficient (Wildman–Crippen LogP) is 5.54. The molecule has 0 radical (unpaired) electrons. The van der Waals surface area contributed by atoms with E-state index in [0.717, 1.165) is 53.5 Å². The lowest BCUT2D eigenvalue weighted by atomic mass is 9.99. The first-order valence-corrected chi connectivity index (χ1v) is 12.7. The number of nitrogens with one attached hydrogen (secondary N) is 1. The van der Waals surface area contributed by atoms with Crippen LogP contribution >= 0.6 is 0 Å². The molecule has 1 fully saturated rings. The van der Waals surface area contributed by atoms with Crippen molar-refractivity contribution < 1.29 is 9.59 Å². The number of nitrogens with zero attached hydrogens (tertiary/aromatic N) is 1. The minimum atomic E-state index is -0.575. The van der Waals surface area contributed by atoms with E-state index < -0.39 is 6.04 Å². The molecule has 4 nitrogen and oxygen atoms in total. The number of rotatable bonds is 9. The van der Waals surface area contributed by atoms with Crippen LogP contribution in [0, 0.1) is 13.8 Å². The highest BCUT2D eigenvalue weighted by Crippen LogP contribution is 2.22. The number of carbonyl (C=O) groups is 2. The molecule has 1 aliphatic carbocycles. The molecule has 1 atom stereocenters. The standard InChI is InChI=1S/C31H36N2O2/c1-23-12-6-8-16-26(23)21-30(34)33(22-27-17-9-7-13-24(27)2)29(20-25-14-4-3-5-15-25)31(35)32-28-18-10-11-19-28/h3-9,12-17,28-29H,10-11,18-22H2,1-2H3,(H,32,35)/t29-/m0/s1. The maximum absolute atomic E-state index is 13.9. The summed E-state index contributed by atoms with van der Waals surface area (Å²) in [7, 11) is 0. The van der Waals surface area contributed by atoms with Crippen molar-refractivity contribution in [1.29, 1.82) is 0 Å². The summed E-state index contributed by atoms with van der Waals surface area (Å²) in [6, 6.07) is 25.8. The zero-order valence-electron chi connectivity index (χ0n) is 20.9. The van der Waals surface area contributed by atoms with E-state index in [2.05, 4.69) is 24.4 Å². The van der Waals surface area contributed by atoms with Crippen molar-refractivity contribution in [3.63, 3.8) is 0 Å². The van der Waals surface area contributed by atoms with Gasteiger partial charge in [-0.1, -0.05) is 91.7 Å². The monoisotopic (exact) mass is 468 g/mol. The first-order chi connectivity index (χ1) is 17.0. The zero-order valence-corrected chi connectivity index (χ0v) is 20.9. The van der Waals surface area contributed by atoms with Crippen molar-refractivity contribution in [2.24, 2.45) is 0 Å². The highest BCUT2D eigenvalue weighted by Gasteiger charge is 2.32. The molecule has 0 unspecified atom stereocenters. The van der Waals surface area contributed by atoms with Gasteiger partial charge in [0.25, 0.3) is 0 Å². The number of aryl methyl sites for hydroxylation is 2. The molecule has 4 rings (SSSR count). The molecule has 1 saturated carbocycles. The molecule has 3 aromatic carbocycles. The van der Waals surface area contributed by atoms with E-state index in [1.165, 1.54) is 0 Å². The van der Waals surface area contributed by atoms with Gasteiger partial charge in [-0.05, 0) is 54.5 Å². The molecule has 0 saturated heterocycles. The maximum Gasteiger partial charge on any atom is 0.243 e. The second kappa shape index (κ2) is 11.8. The number of hydrogen-bond donors (Lipinski definition) is 1. The molecule has 0 aliphatic heterocycles. The lowest BCUT2D eigenvalue weighted by molar-refractivity contribution is -0.141. The third-order valence-corrected chi connectivity index (χ3v) is 7.18. The average molecular weight is 469 g/mol. The van der Waals surface area contributed by atoms with Gasteiger partial charge in [0.1, 0.15) is 6.04 Å². The summed E-state index contributed by atoms with van der Waals surface area (Å²) in [5.41, 5.74) is 5.33. The fraction of sp³-hybridized carbons (Fsp3) is 0.355. The van der Waals surface area contributed by atoms with E-state index in [-0.39, 0.29) is 24.3 Å². The molecule has 182 valence electrons. The highest BCUT2D eigenvalue weighted by atomic mass is 16.2. The van der Waals surface area contributed by atoms with Gasteiger partial charge in [-0.2, -0.15) is 0 Å². The molecule has 35 heavy (non-hydrogen) atoms. The van der Waals surface area contributed by atoms with Crippen molar-refractivity contribution in [1.82, 2.24) is 10.2 Å². The van der Waals surface area contributed by atoms with Gasteiger partial charge in [-0.15, -0.1) is 0 Å². The summed E-state index contributed by atoms with van der Waals surface area (Å²) in [5, 5.41) is 3.28. The van der Waals surface area contributed by atoms with Crippen LogP contribution in [0.15, 0.2) is 78.9 Å². The lowest BCUT2D eigenvalue weighted by Gasteiger charge is -2.33. The largest absolute Gasteiger partial charge is 0.352 e. The molecule has 1 aliphatic rings. The van der Waals surface area contributed by atoms with Crippen LogP contribution < -0.4 is 5.32 Å². The van der Waals surface area contributed by atoms with Crippen LogP contribution in [0.3, 0.4) is 0 Å². The van der Waals surface area contributed by atoms with Crippen LogP contribution in [0.4, 0.5) is 0 Å². The second-order valence-electron chi connectivity index (χ2n) is 9.75. The first-order valence-electron chi connectivity index (χ1n) is 12.7. The first kappa shape index (κ1) is 24.7. The minimum Gasteiger partial charge on any atom is -0.352 e. The van der Waals surface area contributed by atoms with E-state index in [1.54, 1.807) is 0 Å². The Morgan fingerprint density at radius 1 is 0.829 bits per heavy atom. The summed E-state index contributed by atoms with van der Waals surface area (Å²) in [5.74, 6) is -0.0717. The normalized spacial score (nSPS) is 14.5. The highest BCUT2D eigenvalue weighted by molar-refractivity contribution is 5.89. The molecule has 1 N–H and O–H groups in total. The molecular weight excluding hydrogens is 432 g/mol. The summed E-state index contributed by atoms with van der Waals surface area (Å²) in [6.45, 7) is 4.50. The predicted molar refractivity (Wildman–Crippen MR) is 141 cm³/mol. The number of hydrogen-bond acceptors (Lipinski definition) is 2. The Labute approximate surface area is 209 Å². The van der Waals surface area contributed by atoms with E-state index in [0.29, 0.717) is 13.0 Å². The summed E-state index contributed by atoms with van der Waals surface area (Å²) in [6.07, 6.45) is 5.09. The van der Waals surface area contributed by atoms with Crippen LogP contribution in [0.5, 0.6) is 0 Å². The van der Waals surface area contributed by atoms with E-state index in [1.807, 2.05) is 78.6 Å². The Bertz CT molecular complexity index is 1140. The minimum absolute atomic E-state index is 0.0231. The number of carbonyl (C=O) groups excluding carboxylic acids is 2. The fourth-order valence-electron chi connectivity index (χ4n) is 4.97. The van der Waals surface area contributed by atoms with Gasteiger partial charge in [0.05, 0.1) is 6.42 Å². The van der Waals surface area contributed by atoms with Gasteiger partial charge in [0, 0.05) is 19.0 Å². The van der Waals surface area contributed by atoms with Crippen molar-refractivity contribution in [3.05, 3.63) is 107 Å². The Balaban J connectivity index is 1.68. The van der Waals surface area contributed by atoms with Gasteiger partial charge in [-0.25, -0.2) is 0 Å². The van der Waals surface area contributed by atoms with Gasteiger partial charge < -0.3 is 10.2 Å². The van der Waals surface area contributed by atoms with Gasteiger partial charge in [-0.3, -0.25) is 9.59 Å². The molecule has 0 heterocycles. The maximum atomic E-state index is 13.9. The van der Waals surface area contributed by atoms with E-state index in [9.17, 15) is 9.59 Å². The van der Waals surface area contributed by atoms with Gasteiger partial charge in [0.15, 0.2) is 0 Å². The smallest absolute Gasteiger partial charge is 0.243 e. The molecular formula is C31H36N2O2. The topological polar surface area (TPSA) is 49.4 Å². The Morgan fingerprint density at radius 2 is 1.40 bits per heavy atom. The van der Waals surface area contributed by atoms with Crippen LogP contribution in [-0.4, -0.2) is 28.8 Å². The SMILES string of the molecule is Cc1ccccc1CC(=O)N(Cc1ccccc1C)[C@@H](Cc1ccccc1)C(=O)NC1CCCC1. The molecule has 4 heteroatoms. The number of amides is 2. The lowest BCUT2D eigenvalue weighted by Crippen LogP contribution is -2.52. The average Bonchev–Trinajstić information content (AvgIpc) is 3.37. The molecule has 0 spiro atoms. The Hall–Kier alpha value is -3.40. The summed E-state index contributed by atoms with van der Waals surface area (Å²) < 4.78 is 0. The quantitative estimate of drug-likeness (QED) is 0.448. The van der Waals surface area contributed by atoms with E-state index >= 15 is 0 Å². The van der Waals surface area contributed by atoms with Crippen molar-refractivity contribution in [2.75, 3.05) is 0 Å². The van der Waals surface area contributed by atoms with Crippen LogP contribution in [-0.2, 0) is 29.0 Å². The molecule has 2 amide bonds. The Kier molecular flexibility index (Phi) is 8.36. The number of benzene rings is 3. The van der Waals surface area contributed by atoms with Crippen molar-refractivity contribution in [2.45, 2.75) is 71.0 Å². The van der Waals surface area contributed by atoms with E-state index in [4.69, 9.17) is 0 Å². The molecule has 0 bridgehead atoms. The fourth-order valence-corrected chi connectivity index (χ4v) is 4.97. The van der Waals surface area contributed by atoms with Crippen molar-refractivity contribution >= 4 is 11.8 Å². The van der Waals surface area contributed by atoms with Crippen LogP contribution in [0.1, 0.15) is 53.5 Å². The Morgan fingerprint density at radius 3 is 2.03 bits per heavy atom. The molecule has 3 aromatic rings. The summed E-state index contributed by atoms with van der Waals surface area (Å²) >= 11 is 0. The third kappa shape index (κ3) is 6.60. The molecule has 0 aromatic heterocycles. The zero-order chi connectivity index (χ0) is 24.6. The van der Waals surface area contributed by atoms with Crippen LogP contribution in [0.25, 0.3) is 0 Å². The van der Waals surface area contributed by atoms with Crippen molar-refractivity contribution in [3.8, 4) is 0 Å². The van der Waals surface area contributed by atoms with Gasteiger partial charge in [0.2, 0.25) is 11.8 Å². The van der Waals surface area contributed by atoms with Gasteiger partial charge >= 0.3 is 0 Å². The second-order valence-corrected chi connectivity index (χ2v) is 9.75. The third-order valence-electron chi connectivity index (χ3n) is 7.18. The summed E-state index contributed by atoms with van der Waals surface area (Å²) in [4.78, 5) is 29.5. The van der Waals surface area contributed by atoms with Crippen LogP contribution in [0.2, 0.25) is 0 Å².